The summed E-state index contributed by atoms with van der Waals surface area (Å²) in [6, 6.07) is 62.7. The normalized spacial score (nSPS) is 11.7. The number of phosphoric ester groups is 1. The van der Waals surface area contributed by atoms with Gasteiger partial charge in [-0.3, -0.25) is 0 Å². The van der Waals surface area contributed by atoms with Crippen LogP contribution in [0.3, 0.4) is 0 Å². The van der Waals surface area contributed by atoms with E-state index in [1.165, 1.54) is 100 Å². The molecule has 0 bridgehead atoms. The van der Waals surface area contributed by atoms with E-state index in [1.54, 1.807) is 0 Å². The number of rotatable bonds is 15. The third-order valence-electron chi connectivity index (χ3n) is 15.2. The Bertz CT molecular complexity index is 2940. The molecule has 0 unspecified atom stereocenters. The number of aryl methyl sites for hydroxylation is 12. The van der Waals surface area contributed by atoms with Crippen LogP contribution in [0.5, 0.6) is 17.2 Å². The number of hydrogen-bond acceptors (Lipinski definition) is 4. The van der Waals surface area contributed by atoms with Crippen molar-refractivity contribution in [2.45, 2.75) is 101 Å². The Morgan fingerprint density at radius 2 is 0.419 bits per heavy atom. The van der Waals surface area contributed by atoms with Gasteiger partial charge in [-0.15, -0.1) is 0 Å². The molecule has 9 aromatic carbocycles. The lowest BCUT2D eigenvalue weighted by atomic mass is 9.78. The highest BCUT2D eigenvalue weighted by Gasteiger charge is 2.36. The molecule has 0 fully saturated rings. The molecule has 0 saturated carbocycles. The van der Waals surface area contributed by atoms with Crippen LogP contribution in [0.1, 0.15) is 135 Å². The zero-order valence-electron chi connectivity index (χ0n) is 45.1. The maximum atomic E-state index is 16.2. The van der Waals surface area contributed by atoms with Crippen molar-refractivity contribution in [1.82, 2.24) is 0 Å². The predicted molar refractivity (Wildman–Crippen MR) is 307 cm³/mol. The van der Waals surface area contributed by atoms with Gasteiger partial charge in [-0.25, -0.2) is 0 Å². The van der Waals surface area contributed by atoms with Gasteiger partial charge in [0.15, 0.2) is 0 Å². The molecular weight excluding hydrogens is 924 g/mol. The third-order valence-corrected chi connectivity index (χ3v) is 16.5. The van der Waals surface area contributed by atoms with Crippen LogP contribution < -0.4 is 13.6 Å². The van der Waals surface area contributed by atoms with Crippen molar-refractivity contribution in [2.75, 3.05) is 0 Å². The van der Waals surface area contributed by atoms with Crippen LogP contribution >= 0.6 is 7.82 Å². The van der Waals surface area contributed by atoms with E-state index in [4.69, 9.17) is 13.6 Å². The molecule has 0 aromatic heterocycles. The molecule has 0 N–H and O–H groups in total. The van der Waals surface area contributed by atoms with E-state index >= 15 is 4.57 Å². The maximum Gasteiger partial charge on any atom is 0.647 e. The summed E-state index contributed by atoms with van der Waals surface area (Å²) in [5.41, 5.74) is 24.7. The zero-order valence-corrected chi connectivity index (χ0v) is 46.0. The van der Waals surface area contributed by atoms with E-state index in [-0.39, 0.29) is 17.8 Å². The average Bonchev–Trinajstić information content (AvgIpc) is 3.34. The van der Waals surface area contributed by atoms with Gasteiger partial charge in [-0.1, -0.05) is 146 Å². The van der Waals surface area contributed by atoms with Crippen LogP contribution in [0.2, 0.25) is 0 Å². The van der Waals surface area contributed by atoms with Gasteiger partial charge in [0.2, 0.25) is 0 Å². The highest BCUT2D eigenvalue weighted by atomic mass is 31.2. The van der Waals surface area contributed by atoms with Crippen LogP contribution in [0, 0.1) is 83.1 Å². The summed E-state index contributed by atoms with van der Waals surface area (Å²) < 4.78 is 36.6. The molecule has 0 radical (unpaired) electrons. The second kappa shape index (κ2) is 21.6. The summed E-state index contributed by atoms with van der Waals surface area (Å²) in [5.74, 6) is 0.715. The molecule has 4 nitrogen and oxygen atoms in total. The number of benzene rings is 9. The highest BCUT2D eigenvalue weighted by Crippen LogP contribution is 2.52. The van der Waals surface area contributed by atoms with E-state index in [2.05, 4.69) is 210 Å². The monoisotopic (exact) mass is 992 g/mol. The van der Waals surface area contributed by atoms with Crippen LogP contribution in [0.15, 0.2) is 182 Å². The van der Waals surface area contributed by atoms with Crippen LogP contribution in [-0.4, -0.2) is 0 Å². The summed E-state index contributed by atoms with van der Waals surface area (Å²) in [6.45, 7) is 26.1. The Morgan fingerprint density at radius 3 is 0.595 bits per heavy atom. The zero-order chi connectivity index (χ0) is 52.4. The van der Waals surface area contributed by atoms with E-state index in [9.17, 15) is 0 Å². The van der Waals surface area contributed by atoms with E-state index in [0.717, 1.165) is 16.7 Å². The van der Waals surface area contributed by atoms with E-state index in [1.807, 2.05) is 54.6 Å². The lowest BCUT2D eigenvalue weighted by Crippen LogP contribution is -2.13. The second-order valence-corrected chi connectivity index (χ2v) is 22.0. The van der Waals surface area contributed by atoms with Gasteiger partial charge in [-0.05, 0) is 236 Å². The first kappa shape index (κ1) is 51.5. The van der Waals surface area contributed by atoms with E-state index in [0.29, 0.717) is 17.2 Å². The van der Waals surface area contributed by atoms with Crippen molar-refractivity contribution >= 4 is 7.82 Å². The molecule has 0 heterocycles. The Hall–Kier alpha value is -7.39. The molecule has 374 valence electrons. The predicted octanol–water partition coefficient (Wildman–Crippen LogP) is 18.6. The first-order valence-corrected chi connectivity index (χ1v) is 27.3. The van der Waals surface area contributed by atoms with Crippen molar-refractivity contribution in [3.8, 4) is 17.2 Å². The molecule has 0 spiro atoms. The number of phosphoric acid groups is 1. The first-order chi connectivity index (χ1) is 35.5. The van der Waals surface area contributed by atoms with Crippen molar-refractivity contribution in [2.24, 2.45) is 0 Å². The molecule has 74 heavy (non-hydrogen) atoms. The minimum Gasteiger partial charge on any atom is -0.386 e. The lowest BCUT2D eigenvalue weighted by Gasteiger charge is -2.28. The second-order valence-electron chi connectivity index (χ2n) is 20.6. The molecule has 5 heteroatoms. The molecule has 9 aromatic rings. The molecule has 0 atom stereocenters. The summed E-state index contributed by atoms with van der Waals surface area (Å²) in [4.78, 5) is 0. The van der Waals surface area contributed by atoms with Crippen LogP contribution in [0.4, 0.5) is 0 Å². The smallest absolute Gasteiger partial charge is 0.386 e. The van der Waals surface area contributed by atoms with Crippen LogP contribution in [-0.2, 0) is 4.57 Å². The standard InChI is InChI=1S/C69H69O4P/c1-43-22-13-23-44(2)61(43)67(62-45(3)24-14-25-46(62)4)55-34-19-37-58(40-55)71-74(70,72-59-38-20-35-56(41-59)68(63-47(5)26-15-27-48(63)6)64-49(7)28-16-29-50(64)8)73-60-39-21-36-57(42-60)69(65-51(9)30-17-31-52(65)10)66-53(11)32-18-33-54(66)12/h13-42,67-69H,1-12H3. The molecular formula is C69H69O4P. The molecule has 0 aliphatic rings. The van der Waals surface area contributed by atoms with Gasteiger partial charge in [0.25, 0.3) is 0 Å². The summed E-state index contributed by atoms with van der Waals surface area (Å²) in [5, 5.41) is 0. The third kappa shape index (κ3) is 10.5. The fourth-order valence-corrected chi connectivity index (χ4v) is 13.1. The Morgan fingerprint density at radius 1 is 0.257 bits per heavy atom. The van der Waals surface area contributed by atoms with Crippen molar-refractivity contribution in [3.63, 3.8) is 0 Å². The first-order valence-electron chi connectivity index (χ1n) is 25.9. The molecule has 0 amide bonds. The van der Waals surface area contributed by atoms with Crippen LogP contribution in [0.25, 0.3) is 0 Å². The Balaban J connectivity index is 1.19. The lowest BCUT2D eigenvalue weighted by molar-refractivity contribution is 0.298. The molecule has 9 rings (SSSR count). The van der Waals surface area contributed by atoms with Crippen molar-refractivity contribution in [1.29, 1.82) is 0 Å². The van der Waals surface area contributed by atoms with Crippen molar-refractivity contribution in [3.05, 3.63) is 299 Å². The van der Waals surface area contributed by atoms with Gasteiger partial charge in [-0.2, -0.15) is 4.57 Å². The quantitative estimate of drug-likeness (QED) is 0.0758. The SMILES string of the molecule is Cc1cccc(C)c1C(c1cccc(OP(=O)(Oc2cccc(C(c3c(C)cccc3C)c3c(C)cccc3C)c2)Oc2cccc(C(c3c(C)cccc3C)c3c(C)cccc3C)c2)c1)c1c(C)cccc1C. The molecule has 0 aliphatic heterocycles. The van der Waals surface area contributed by atoms with Gasteiger partial charge in [0.05, 0.1) is 0 Å². The highest BCUT2D eigenvalue weighted by molar-refractivity contribution is 7.49. The van der Waals surface area contributed by atoms with Gasteiger partial charge in [0, 0.05) is 17.8 Å². The van der Waals surface area contributed by atoms with Gasteiger partial charge < -0.3 is 13.6 Å². The largest absolute Gasteiger partial charge is 0.647 e. The maximum absolute atomic E-state index is 16.2. The summed E-state index contributed by atoms with van der Waals surface area (Å²) in [6.07, 6.45) is 0. The Labute approximate surface area is 440 Å². The topological polar surface area (TPSA) is 44.8 Å². The minimum absolute atomic E-state index is 0.131. The fourth-order valence-electron chi connectivity index (χ4n) is 11.8. The van der Waals surface area contributed by atoms with Gasteiger partial charge in [0.1, 0.15) is 17.2 Å². The summed E-state index contributed by atoms with van der Waals surface area (Å²) >= 11 is 0. The van der Waals surface area contributed by atoms with E-state index < -0.39 is 7.82 Å². The fraction of sp³-hybridized carbons (Fsp3) is 0.217. The summed E-state index contributed by atoms with van der Waals surface area (Å²) in [7, 11) is -4.58. The number of hydrogen-bond donors (Lipinski definition) is 0. The Kier molecular flexibility index (Phi) is 15.0. The van der Waals surface area contributed by atoms with Crippen molar-refractivity contribution < 1.29 is 18.1 Å². The molecule has 0 aliphatic carbocycles. The van der Waals surface area contributed by atoms with Gasteiger partial charge >= 0.3 is 7.82 Å². The minimum atomic E-state index is -4.58. The molecule has 0 saturated heterocycles. The average molecular weight is 993 g/mol.